The summed E-state index contributed by atoms with van der Waals surface area (Å²) in [5.41, 5.74) is 6.38. The Hall–Kier alpha value is -2.92. The van der Waals surface area contributed by atoms with E-state index in [-0.39, 0.29) is 12.4 Å². The quantitative estimate of drug-likeness (QED) is 0.496. The van der Waals surface area contributed by atoms with Gasteiger partial charge in [0, 0.05) is 38.1 Å². The standard InChI is InChI=1S/C17H20ClN3O8/c1-8(22)26-7-12-13(27-9(2)23)14(28-10(3)24)16(29-12)21-6-11(4-5-18)15(19)20-17(21)25/h4-6,12-14,16H,7H2,1-3H3,(H2,19,20,25)/t12-,13+,14-,16-/m1/s1. The summed E-state index contributed by atoms with van der Waals surface area (Å²) in [5, 5.41) is 0. The molecule has 2 heterocycles. The van der Waals surface area contributed by atoms with E-state index in [2.05, 4.69) is 4.98 Å². The van der Waals surface area contributed by atoms with Gasteiger partial charge in [0.2, 0.25) is 0 Å². The highest BCUT2D eigenvalue weighted by molar-refractivity contribution is 6.27. The lowest BCUT2D eigenvalue weighted by Crippen LogP contribution is -2.42. The SMILES string of the molecule is CC(=O)OC[C@H]1O[C@@H](n2cc(C=CCl)c(N)nc2=O)[C@H](OC(C)=O)[C@H]1OC(C)=O. The second-order valence-electron chi connectivity index (χ2n) is 6.08. The number of nitrogen functional groups attached to an aromatic ring is 1. The summed E-state index contributed by atoms with van der Waals surface area (Å²) >= 11 is 5.57. The number of rotatable bonds is 6. The average molecular weight is 430 g/mol. The number of ether oxygens (including phenoxy) is 4. The van der Waals surface area contributed by atoms with E-state index in [1.54, 1.807) is 0 Å². The number of carbonyl (C=O) groups is 3. The third-order valence-electron chi connectivity index (χ3n) is 3.87. The monoisotopic (exact) mass is 429 g/mol. The summed E-state index contributed by atoms with van der Waals surface area (Å²) in [6.07, 6.45) is -1.88. The van der Waals surface area contributed by atoms with Crippen LogP contribution >= 0.6 is 11.6 Å². The largest absolute Gasteiger partial charge is 0.463 e. The molecule has 1 aliphatic rings. The number of halogens is 1. The molecule has 1 saturated heterocycles. The lowest BCUT2D eigenvalue weighted by molar-refractivity contribution is -0.166. The number of hydrogen-bond donors (Lipinski definition) is 1. The molecule has 0 radical (unpaired) electrons. The minimum absolute atomic E-state index is 0.0711. The Bertz CT molecular complexity index is 884. The fourth-order valence-corrected chi connectivity index (χ4v) is 2.93. The highest BCUT2D eigenvalue weighted by Crippen LogP contribution is 2.34. The topological polar surface area (TPSA) is 149 Å². The maximum absolute atomic E-state index is 12.4. The molecule has 4 atom stereocenters. The second kappa shape index (κ2) is 9.52. The van der Waals surface area contributed by atoms with Crippen LogP contribution in [0.3, 0.4) is 0 Å². The third kappa shape index (κ3) is 5.55. The van der Waals surface area contributed by atoms with Crippen molar-refractivity contribution in [3.63, 3.8) is 0 Å². The van der Waals surface area contributed by atoms with Crippen LogP contribution in [0, 0.1) is 0 Å². The molecule has 1 aliphatic heterocycles. The first kappa shape index (κ1) is 22.4. The fourth-order valence-electron chi connectivity index (χ4n) is 2.79. The van der Waals surface area contributed by atoms with Gasteiger partial charge in [-0.05, 0) is 6.08 Å². The molecule has 0 saturated carbocycles. The van der Waals surface area contributed by atoms with Gasteiger partial charge in [0.05, 0.1) is 0 Å². The number of nitrogens with two attached hydrogens (primary N) is 1. The second-order valence-corrected chi connectivity index (χ2v) is 6.33. The van der Waals surface area contributed by atoms with Crippen LogP contribution in [0.15, 0.2) is 16.5 Å². The Kier molecular flexibility index (Phi) is 7.35. The van der Waals surface area contributed by atoms with Gasteiger partial charge in [-0.25, -0.2) is 4.79 Å². The van der Waals surface area contributed by atoms with E-state index < -0.39 is 48.1 Å². The van der Waals surface area contributed by atoms with Gasteiger partial charge in [0.15, 0.2) is 18.4 Å². The number of nitrogens with zero attached hydrogens (tertiary/aromatic N) is 2. The summed E-state index contributed by atoms with van der Waals surface area (Å²) in [4.78, 5) is 50.5. The van der Waals surface area contributed by atoms with Crippen molar-refractivity contribution in [1.82, 2.24) is 9.55 Å². The van der Waals surface area contributed by atoms with Crippen molar-refractivity contribution in [2.24, 2.45) is 0 Å². The first-order valence-electron chi connectivity index (χ1n) is 8.42. The molecule has 0 bridgehead atoms. The van der Waals surface area contributed by atoms with Crippen LogP contribution in [0.5, 0.6) is 0 Å². The van der Waals surface area contributed by atoms with E-state index in [9.17, 15) is 19.2 Å². The molecule has 0 spiro atoms. The van der Waals surface area contributed by atoms with Gasteiger partial charge in [0.25, 0.3) is 0 Å². The molecule has 1 fully saturated rings. The minimum atomic E-state index is -1.23. The minimum Gasteiger partial charge on any atom is -0.463 e. The number of hydrogen-bond acceptors (Lipinski definition) is 10. The van der Waals surface area contributed by atoms with Crippen molar-refractivity contribution in [3.8, 4) is 0 Å². The van der Waals surface area contributed by atoms with Crippen LogP contribution in [0.1, 0.15) is 32.6 Å². The highest BCUT2D eigenvalue weighted by atomic mass is 35.5. The maximum atomic E-state index is 12.4. The van der Waals surface area contributed by atoms with Crippen LogP contribution in [-0.2, 0) is 33.3 Å². The Morgan fingerprint density at radius 3 is 2.38 bits per heavy atom. The smallest absolute Gasteiger partial charge is 0.351 e. The predicted octanol–water partition coefficient (Wildman–Crippen LogP) is 0.359. The summed E-state index contributed by atoms with van der Waals surface area (Å²) in [5.74, 6) is -2.05. The number of aromatic nitrogens is 2. The molecule has 1 aromatic heterocycles. The lowest BCUT2D eigenvalue weighted by atomic mass is 10.1. The normalized spacial score (nSPS) is 23.7. The molecule has 12 heteroatoms. The number of carbonyl (C=O) groups excluding carboxylic acids is 3. The predicted molar refractivity (Wildman–Crippen MR) is 99.4 cm³/mol. The summed E-state index contributed by atoms with van der Waals surface area (Å²) in [6, 6.07) is 0. The Balaban J connectivity index is 2.51. The van der Waals surface area contributed by atoms with Crippen LogP contribution in [0.25, 0.3) is 6.08 Å². The zero-order valence-corrected chi connectivity index (χ0v) is 16.6. The molecule has 0 amide bonds. The van der Waals surface area contributed by atoms with Crippen molar-refractivity contribution >= 4 is 41.4 Å². The van der Waals surface area contributed by atoms with E-state index in [0.29, 0.717) is 5.56 Å². The van der Waals surface area contributed by atoms with Crippen molar-refractivity contribution in [3.05, 3.63) is 27.8 Å². The van der Waals surface area contributed by atoms with Gasteiger partial charge in [-0.15, -0.1) is 0 Å². The first-order valence-corrected chi connectivity index (χ1v) is 8.86. The number of anilines is 1. The third-order valence-corrected chi connectivity index (χ3v) is 3.99. The van der Waals surface area contributed by atoms with Gasteiger partial charge in [0.1, 0.15) is 18.5 Å². The van der Waals surface area contributed by atoms with Crippen molar-refractivity contribution < 1.29 is 33.3 Å². The molecule has 11 nitrogen and oxygen atoms in total. The van der Waals surface area contributed by atoms with Gasteiger partial charge in [-0.2, -0.15) is 4.98 Å². The van der Waals surface area contributed by atoms with E-state index in [0.717, 1.165) is 18.4 Å². The average Bonchev–Trinajstić information content (AvgIpc) is 2.92. The van der Waals surface area contributed by atoms with E-state index in [4.69, 9.17) is 36.3 Å². The summed E-state index contributed by atoms with van der Waals surface area (Å²) < 4.78 is 22.2. The van der Waals surface area contributed by atoms with Crippen molar-refractivity contribution in [2.45, 2.75) is 45.3 Å². The molecule has 0 aromatic carbocycles. The van der Waals surface area contributed by atoms with E-state index >= 15 is 0 Å². The summed E-state index contributed by atoms with van der Waals surface area (Å²) in [6.45, 7) is 3.19. The molecular formula is C17H20ClN3O8. The Labute approximate surface area is 170 Å². The zero-order chi connectivity index (χ0) is 21.7. The van der Waals surface area contributed by atoms with E-state index in [1.807, 2.05) is 0 Å². The Morgan fingerprint density at radius 2 is 1.83 bits per heavy atom. The van der Waals surface area contributed by atoms with Gasteiger partial charge >= 0.3 is 23.6 Å². The van der Waals surface area contributed by atoms with E-state index in [1.165, 1.54) is 24.7 Å². The molecular weight excluding hydrogens is 410 g/mol. The van der Waals surface area contributed by atoms with Gasteiger partial charge < -0.3 is 24.7 Å². The van der Waals surface area contributed by atoms with Crippen LogP contribution in [0.4, 0.5) is 5.82 Å². The zero-order valence-electron chi connectivity index (χ0n) is 15.9. The molecule has 29 heavy (non-hydrogen) atoms. The van der Waals surface area contributed by atoms with Crippen LogP contribution in [-0.4, -0.2) is 52.4 Å². The van der Waals surface area contributed by atoms with Crippen molar-refractivity contribution in [1.29, 1.82) is 0 Å². The number of esters is 3. The van der Waals surface area contributed by atoms with Gasteiger partial charge in [-0.1, -0.05) is 11.6 Å². The van der Waals surface area contributed by atoms with Crippen molar-refractivity contribution in [2.75, 3.05) is 12.3 Å². The first-order chi connectivity index (χ1) is 13.6. The molecule has 2 rings (SSSR count). The molecule has 158 valence electrons. The molecule has 0 aliphatic carbocycles. The summed E-state index contributed by atoms with van der Waals surface area (Å²) in [7, 11) is 0. The Morgan fingerprint density at radius 1 is 1.21 bits per heavy atom. The fraction of sp³-hybridized carbons (Fsp3) is 0.471. The van der Waals surface area contributed by atoms with Crippen LogP contribution in [0.2, 0.25) is 0 Å². The molecule has 2 N–H and O–H groups in total. The highest BCUT2D eigenvalue weighted by Gasteiger charge is 2.51. The lowest BCUT2D eigenvalue weighted by Gasteiger charge is -2.24. The maximum Gasteiger partial charge on any atom is 0.351 e. The van der Waals surface area contributed by atoms with Gasteiger partial charge in [-0.3, -0.25) is 19.0 Å². The molecule has 0 unspecified atom stereocenters. The molecule has 1 aromatic rings. The van der Waals surface area contributed by atoms with Crippen LogP contribution < -0.4 is 11.4 Å².